The van der Waals surface area contributed by atoms with Crippen LogP contribution in [0.15, 0.2) is 30.3 Å². The molecular formula is C27H41N3O4S. The minimum absolute atomic E-state index is 0.0433. The van der Waals surface area contributed by atoms with E-state index in [9.17, 15) is 9.59 Å². The highest BCUT2D eigenvalue weighted by Gasteiger charge is 2.22. The Hall–Kier alpha value is -2.74. The average molecular weight is 504 g/mol. The summed E-state index contributed by atoms with van der Waals surface area (Å²) in [4.78, 5) is 32.1. The monoisotopic (exact) mass is 503 g/mol. The fourth-order valence-electron chi connectivity index (χ4n) is 3.70. The number of methoxy groups -OCH3 is 2. The van der Waals surface area contributed by atoms with E-state index in [4.69, 9.17) is 9.47 Å². The summed E-state index contributed by atoms with van der Waals surface area (Å²) in [5.74, 6) is 1.31. The Morgan fingerprint density at radius 1 is 0.943 bits per heavy atom. The normalized spacial score (nSPS) is 10.7. The lowest BCUT2D eigenvalue weighted by Gasteiger charge is -2.28. The standard InChI is InChI=1S/C27H41N3O4S/c1-6-8-15-28-27(32)30(16-9-7-2)20-26(31)29(19-23-12-10-21(3)35-23)17-14-22-11-13-24(33-4)25(18-22)34-5/h10-13,18H,6-9,14-17,19-20H2,1-5H3,(H,28,32). The van der Waals surface area contributed by atoms with Gasteiger partial charge in [0, 0.05) is 29.4 Å². The number of thiophene rings is 1. The molecule has 0 atom stereocenters. The first-order valence-electron chi connectivity index (χ1n) is 12.5. The topological polar surface area (TPSA) is 71.1 Å². The van der Waals surface area contributed by atoms with Gasteiger partial charge in [0.05, 0.1) is 20.8 Å². The molecule has 0 aliphatic heterocycles. The van der Waals surface area contributed by atoms with Crippen molar-refractivity contribution in [2.24, 2.45) is 0 Å². The lowest BCUT2D eigenvalue weighted by molar-refractivity contribution is -0.132. The molecule has 2 aromatic rings. The summed E-state index contributed by atoms with van der Waals surface area (Å²) in [6.45, 7) is 8.60. The van der Waals surface area contributed by atoms with Gasteiger partial charge in [0.25, 0.3) is 0 Å². The Labute approximate surface area is 214 Å². The quantitative estimate of drug-likeness (QED) is 0.337. The van der Waals surface area contributed by atoms with E-state index in [1.54, 1.807) is 30.5 Å². The number of urea groups is 1. The van der Waals surface area contributed by atoms with Crippen molar-refractivity contribution in [3.8, 4) is 11.5 Å². The van der Waals surface area contributed by atoms with Crippen molar-refractivity contribution in [3.63, 3.8) is 0 Å². The van der Waals surface area contributed by atoms with Crippen LogP contribution >= 0.6 is 11.3 Å². The molecule has 0 radical (unpaired) electrons. The van der Waals surface area contributed by atoms with E-state index < -0.39 is 0 Å². The molecule has 3 amide bonds. The fraction of sp³-hybridized carbons (Fsp3) is 0.556. The number of nitrogens with zero attached hydrogens (tertiary/aromatic N) is 2. The Morgan fingerprint density at radius 3 is 2.31 bits per heavy atom. The van der Waals surface area contributed by atoms with Gasteiger partial charge in [0.2, 0.25) is 5.91 Å². The summed E-state index contributed by atoms with van der Waals surface area (Å²) in [7, 11) is 3.23. The SMILES string of the molecule is CCCCNC(=O)N(CCCC)CC(=O)N(CCc1ccc(OC)c(OC)c1)Cc1ccc(C)s1. The van der Waals surface area contributed by atoms with E-state index in [1.807, 2.05) is 23.1 Å². The number of carbonyl (C=O) groups is 2. The first-order chi connectivity index (χ1) is 16.9. The molecule has 0 unspecified atom stereocenters. The lowest BCUT2D eigenvalue weighted by atomic mass is 10.1. The van der Waals surface area contributed by atoms with Crippen molar-refractivity contribution in [1.82, 2.24) is 15.1 Å². The molecule has 1 aromatic heterocycles. The molecule has 194 valence electrons. The van der Waals surface area contributed by atoms with Crippen LogP contribution in [0.1, 0.15) is 54.8 Å². The van der Waals surface area contributed by atoms with Crippen molar-refractivity contribution >= 4 is 23.3 Å². The Kier molecular flexibility index (Phi) is 12.5. The number of hydrogen-bond donors (Lipinski definition) is 1. The Bertz CT molecular complexity index is 931. The second-order valence-electron chi connectivity index (χ2n) is 8.63. The molecule has 0 fully saturated rings. The van der Waals surface area contributed by atoms with Crippen LogP contribution < -0.4 is 14.8 Å². The van der Waals surface area contributed by atoms with E-state index in [2.05, 4.69) is 38.2 Å². The molecule has 7 nitrogen and oxygen atoms in total. The molecule has 8 heteroatoms. The Morgan fingerprint density at radius 2 is 1.69 bits per heavy atom. The molecule has 1 heterocycles. The molecular weight excluding hydrogens is 462 g/mol. The molecule has 35 heavy (non-hydrogen) atoms. The maximum Gasteiger partial charge on any atom is 0.317 e. The highest BCUT2D eigenvalue weighted by molar-refractivity contribution is 7.11. The zero-order valence-corrected chi connectivity index (χ0v) is 22.7. The van der Waals surface area contributed by atoms with E-state index in [1.165, 1.54) is 4.88 Å². The summed E-state index contributed by atoms with van der Waals surface area (Å²) in [6.07, 6.45) is 4.44. The molecule has 0 aliphatic carbocycles. The zero-order chi connectivity index (χ0) is 25.6. The number of nitrogens with one attached hydrogen (secondary N) is 1. The number of rotatable bonds is 15. The highest BCUT2D eigenvalue weighted by atomic mass is 32.1. The van der Waals surface area contributed by atoms with Crippen LogP contribution in [0, 0.1) is 6.92 Å². The summed E-state index contributed by atoms with van der Waals surface area (Å²) >= 11 is 1.70. The number of hydrogen-bond acceptors (Lipinski definition) is 5. The number of ether oxygens (including phenoxy) is 2. The van der Waals surface area contributed by atoms with Crippen LogP contribution in [-0.2, 0) is 17.8 Å². The summed E-state index contributed by atoms with van der Waals surface area (Å²) < 4.78 is 10.8. The third-order valence-electron chi connectivity index (χ3n) is 5.82. The molecule has 0 spiro atoms. The summed E-state index contributed by atoms with van der Waals surface area (Å²) in [5.41, 5.74) is 1.06. The van der Waals surface area contributed by atoms with Crippen molar-refractivity contribution in [3.05, 3.63) is 45.6 Å². The zero-order valence-electron chi connectivity index (χ0n) is 21.9. The number of benzene rings is 1. The number of aryl methyl sites for hydroxylation is 1. The largest absolute Gasteiger partial charge is 0.493 e. The van der Waals surface area contributed by atoms with Crippen LogP contribution in [-0.4, -0.2) is 62.1 Å². The average Bonchev–Trinajstić information content (AvgIpc) is 3.28. The van der Waals surface area contributed by atoms with Crippen LogP contribution in [0.25, 0.3) is 0 Å². The lowest BCUT2D eigenvalue weighted by Crippen LogP contribution is -2.47. The van der Waals surface area contributed by atoms with Crippen molar-refractivity contribution in [1.29, 1.82) is 0 Å². The third-order valence-corrected chi connectivity index (χ3v) is 6.80. The van der Waals surface area contributed by atoms with Gasteiger partial charge in [-0.25, -0.2) is 4.79 Å². The predicted octanol–water partition coefficient (Wildman–Crippen LogP) is 5.26. The second-order valence-corrected chi connectivity index (χ2v) is 10.0. The smallest absolute Gasteiger partial charge is 0.317 e. The summed E-state index contributed by atoms with van der Waals surface area (Å²) in [6, 6.07) is 9.82. The Balaban J connectivity index is 2.14. The number of carbonyl (C=O) groups excluding carboxylic acids is 2. The molecule has 0 saturated heterocycles. The number of amides is 3. The molecule has 1 aromatic carbocycles. The minimum atomic E-state index is -0.160. The maximum atomic E-state index is 13.5. The molecule has 0 saturated carbocycles. The van der Waals surface area contributed by atoms with Gasteiger partial charge in [0.1, 0.15) is 6.54 Å². The number of unbranched alkanes of at least 4 members (excludes halogenated alkanes) is 2. The van der Waals surface area contributed by atoms with Gasteiger partial charge in [-0.1, -0.05) is 32.8 Å². The molecule has 2 rings (SSSR count). The maximum absolute atomic E-state index is 13.5. The van der Waals surface area contributed by atoms with E-state index in [0.717, 1.165) is 36.1 Å². The fourth-order valence-corrected chi connectivity index (χ4v) is 4.61. The van der Waals surface area contributed by atoms with Crippen LogP contribution in [0.4, 0.5) is 4.79 Å². The third kappa shape index (κ3) is 9.43. The van der Waals surface area contributed by atoms with Crippen molar-refractivity contribution in [2.75, 3.05) is 40.4 Å². The first kappa shape index (κ1) is 28.5. The summed E-state index contributed by atoms with van der Waals surface area (Å²) in [5, 5.41) is 2.96. The molecule has 0 bridgehead atoms. The van der Waals surface area contributed by atoms with Gasteiger partial charge < -0.3 is 24.6 Å². The van der Waals surface area contributed by atoms with E-state index in [0.29, 0.717) is 44.1 Å². The van der Waals surface area contributed by atoms with E-state index >= 15 is 0 Å². The van der Waals surface area contributed by atoms with Crippen molar-refractivity contribution in [2.45, 2.75) is 59.4 Å². The van der Waals surface area contributed by atoms with Gasteiger partial charge in [-0.15, -0.1) is 11.3 Å². The van der Waals surface area contributed by atoms with Crippen molar-refractivity contribution < 1.29 is 19.1 Å². The van der Waals surface area contributed by atoms with Crippen LogP contribution in [0.2, 0.25) is 0 Å². The minimum Gasteiger partial charge on any atom is -0.493 e. The second kappa shape index (κ2) is 15.3. The van der Waals surface area contributed by atoms with Gasteiger partial charge in [-0.2, -0.15) is 0 Å². The van der Waals surface area contributed by atoms with Gasteiger partial charge in [-0.05, 0) is 56.0 Å². The van der Waals surface area contributed by atoms with Gasteiger partial charge >= 0.3 is 6.03 Å². The van der Waals surface area contributed by atoms with Gasteiger partial charge in [0.15, 0.2) is 11.5 Å². The predicted molar refractivity (Wildman–Crippen MR) is 143 cm³/mol. The molecule has 0 aliphatic rings. The van der Waals surface area contributed by atoms with Gasteiger partial charge in [-0.3, -0.25) is 4.79 Å². The molecule has 1 N–H and O–H groups in total. The van der Waals surface area contributed by atoms with E-state index in [-0.39, 0.29) is 18.5 Å². The highest BCUT2D eigenvalue weighted by Crippen LogP contribution is 2.28. The van der Waals surface area contributed by atoms with Crippen LogP contribution in [0.3, 0.4) is 0 Å². The van der Waals surface area contributed by atoms with Crippen LogP contribution in [0.5, 0.6) is 11.5 Å². The first-order valence-corrected chi connectivity index (χ1v) is 13.3.